The topological polar surface area (TPSA) is 58.5 Å². The number of thioether (sulfide) groups is 1. The third-order valence-electron chi connectivity index (χ3n) is 3.18. The summed E-state index contributed by atoms with van der Waals surface area (Å²) in [5.74, 6) is 2.42. The molecule has 2 aromatic rings. The largest absolute Gasteiger partial charge is 0.481 e. The smallest absolute Gasteiger partial charge is 0.212 e. The maximum atomic E-state index is 5.06. The van der Waals surface area contributed by atoms with Crippen LogP contribution in [0.15, 0.2) is 58.5 Å². The second-order valence-electron chi connectivity index (χ2n) is 4.99. The van der Waals surface area contributed by atoms with E-state index in [9.17, 15) is 0 Å². The predicted molar refractivity (Wildman–Crippen MR) is 116 cm³/mol. The Morgan fingerprint density at radius 1 is 1.16 bits per heavy atom. The molecular formula is C18H25IN4OS. The van der Waals surface area contributed by atoms with Crippen molar-refractivity contribution in [3.8, 4) is 5.88 Å². The van der Waals surface area contributed by atoms with Crippen LogP contribution >= 0.6 is 35.7 Å². The summed E-state index contributed by atoms with van der Waals surface area (Å²) in [6.07, 6.45) is 1.79. The summed E-state index contributed by atoms with van der Waals surface area (Å²) in [6.45, 7) is 4.33. The van der Waals surface area contributed by atoms with Gasteiger partial charge in [0.15, 0.2) is 5.96 Å². The molecule has 2 N–H and O–H groups in total. The highest BCUT2D eigenvalue weighted by Gasteiger charge is 1.99. The van der Waals surface area contributed by atoms with E-state index in [1.54, 1.807) is 13.3 Å². The molecule has 25 heavy (non-hydrogen) atoms. The lowest BCUT2D eigenvalue weighted by atomic mass is 10.3. The van der Waals surface area contributed by atoms with Crippen LogP contribution in [0.5, 0.6) is 5.88 Å². The summed E-state index contributed by atoms with van der Waals surface area (Å²) in [5, 5.41) is 6.62. The fraction of sp³-hybridized carbons (Fsp3) is 0.333. The first kappa shape index (κ1) is 21.6. The maximum absolute atomic E-state index is 5.06. The molecule has 7 heteroatoms. The number of hydrogen-bond acceptors (Lipinski definition) is 4. The van der Waals surface area contributed by atoms with Gasteiger partial charge in [-0.25, -0.2) is 9.98 Å². The van der Waals surface area contributed by atoms with E-state index in [-0.39, 0.29) is 24.0 Å². The fourth-order valence-corrected chi connectivity index (χ4v) is 2.78. The van der Waals surface area contributed by atoms with Crippen LogP contribution in [0.1, 0.15) is 12.5 Å². The molecule has 0 fully saturated rings. The van der Waals surface area contributed by atoms with Gasteiger partial charge in [-0.05, 0) is 24.6 Å². The number of nitrogens with one attached hydrogen (secondary N) is 2. The Morgan fingerprint density at radius 2 is 1.96 bits per heavy atom. The minimum atomic E-state index is 0. The molecule has 0 amide bonds. The van der Waals surface area contributed by atoms with Crippen molar-refractivity contribution in [2.45, 2.75) is 18.4 Å². The van der Waals surface area contributed by atoms with Crippen LogP contribution in [0.2, 0.25) is 0 Å². The molecule has 0 aliphatic rings. The highest BCUT2D eigenvalue weighted by Crippen LogP contribution is 2.15. The number of ether oxygens (including phenoxy) is 1. The zero-order chi connectivity index (χ0) is 17.0. The number of guanidine groups is 1. The van der Waals surface area contributed by atoms with E-state index in [0.29, 0.717) is 12.4 Å². The first-order chi connectivity index (χ1) is 11.8. The zero-order valence-corrected chi connectivity index (χ0v) is 17.7. The number of aromatic nitrogens is 1. The molecule has 1 aromatic heterocycles. The van der Waals surface area contributed by atoms with Gasteiger partial charge in [-0.15, -0.1) is 35.7 Å². The molecule has 0 bridgehead atoms. The number of pyridine rings is 1. The van der Waals surface area contributed by atoms with Crippen LogP contribution in [-0.2, 0) is 6.54 Å². The minimum Gasteiger partial charge on any atom is -0.481 e. The number of rotatable bonds is 8. The van der Waals surface area contributed by atoms with Crippen LogP contribution in [-0.4, -0.2) is 36.9 Å². The summed E-state index contributed by atoms with van der Waals surface area (Å²) in [7, 11) is 1.61. The van der Waals surface area contributed by atoms with Gasteiger partial charge in [-0.3, -0.25) is 0 Å². The van der Waals surface area contributed by atoms with Gasteiger partial charge >= 0.3 is 0 Å². The van der Waals surface area contributed by atoms with Gasteiger partial charge in [-0.1, -0.05) is 24.3 Å². The molecule has 1 aromatic carbocycles. The van der Waals surface area contributed by atoms with E-state index in [0.717, 1.165) is 30.4 Å². The number of benzene rings is 1. The van der Waals surface area contributed by atoms with Crippen LogP contribution in [0, 0.1) is 0 Å². The second-order valence-corrected chi connectivity index (χ2v) is 6.16. The van der Waals surface area contributed by atoms with Crippen LogP contribution in [0.3, 0.4) is 0 Å². The quantitative estimate of drug-likeness (QED) is 0.202. The lowest BCUT2D eigenvalue weighted by Crippen LogP contribution is -2.38. The first-order valence-electron chi connectivity index (χ1n) is 8.00. The number of methoxy groups -OCH3 is 1. The van der Waals surface area contributed by atoms with Gasteiger partial charge in [0, 0.05) is 36.0 Å². The first-order valence-corrected chi connectivity index (χ1v) is 8.99. The Hall–Kier alpha value is -1.48. The fourth-order valence-electron chi connectivity index (χ4n) is 1.99. The van der Waals surface area contributed by atoms with Gasteiger partial charge in [0.25, 0.3) is 0 Å². The van der Waals surface area contributed by atoms with Gasteiger partial charge in [-0.2, -0.15) is 0 Å². The van der Waals surface area contributed by atoms with Crippen molar-refractivity contribution in [3.63, 3.8) is 0 Å². The molecule has 0 radical (unpaired) electrons. The van der Waals surface area contributed by atoms with Gasteiger partial charge in [0.1, 0.15) is 0 Å². The van der Waals surface area contributed by atoms with Crippen molar-refractivity contribution in [1.82, 2.24) is 15.6 Å². The molecule has 5 nitrogen and oxygen atoms in total. The van der Waals surface area contributed by atoms with E-state index >= 15 is 0 Å². The molecule has 2 rings (SSSR count). The second kappa shape index (κ2) is 12.8. The normalized spacial score (nSPS) is 10.7. The van der Waals surface area contributed by atoms with Crippen molar-refractivity contribution in [1.29, 1.82) is 0 Å². The Labute approximate surface area is 171 Å². The summed E-state index contributed by atoms with van der Waals surface area (Å²) in [5.41, 5.74) is 1.05. The number of halogens is 1. The van der Waals surface area contributed by atoms with Gasteiger partial charge in [0.2, 0.25) is 5.88 Å². The lowest BCUT2D eigenvalue weighted by Gasteiger charge is -2.11. The Morgan fingerprint density at radius 3 is 2.60 bits per heavy atom. The average molecular weight is 472 g/mol. The van der Waals surface area contributed by atoms with Crippen molar-refractivity contribution in [2.75, 3.05) is 26.0 Å². The molecule has 0 saturated carbocycles. The lowest BCUT2D eigenvalue weighted by molar-refractivity contribution is 0.397. The molecule has 0 aliphatic heterocycles. The van der Waals surface area contributed by atoms with E-state index in [1.807, 2.05) is 30.0 Å². The predicted octanol–water partition coefficient (Wildman–Crippen LogP) is 3.56. The van der Waals surface area contributed by atoms with E-state index in [4.69, 9.17) is 4.74 Å². The summed E-state index contributed by atoms with van der Waals surface area (Å²) in [4.78, 5) is 10.1. The minimum absolute atomic E-state index is 0. The molecule has 0 atom stereocenters. The van der Waals surface area contributed by atoms with Crippen molar-refractivity contribution in [2.24, 2.45) is 4.99 Å². The Kier molecular flexibility index (Phi) is 11.1. The van der Waals surface area contributed by atoms with Crippen molar-refractivity contribution >= 4 is 41.7 Å². The molecule has 0 spiro atoms. The highest BCUT2D eigenvalue weighted by molar-refractivity contribution is 14.0. The van der Waals surface area contributed by atoms with Gasteiger partial charge < -0.3 is 15.4 Å². The van der Waals surface area contributed by atoms with Crippen LogP contribution < -0.4 is 15.4 Å². The monoisotopic (exact) mass is 472 g/mol. The molecule has 136 valence electrons. The molecule has 0 aliphatic carbocycles. The Balaban J connectivity index is 0.00000312. The Bertz CT molecular complexity index is 623. The maximum Gasteiger partial charge on any atom is 0.212 e. The van der Waals surface area contributed by atoms with Crippen LogP contribution in [0.4, 0.5) is 0 Å². The molecule has 0 saturated heterocycles. The number of aliphatic imine (C=N–C) groups is 1. The average Bonchev–Trinajstić information content (AvgIpc) is 2.64. The third-order valence-corrected chi connectivity index (χ3v) is 4.19. The van der Waals surface area contributed by atoms with Crippen LogP contribution in [0.25, 0.3) is 0 Å². The molecular weight excluding hydrogens is 447 g/mol. The summed E-state index contributed by atoms with van der Waals surface area (Å²) in [6, 6.07) is 14.2. The number of hydrogen-bond donors (Lipinski definition) is 2. The highest BCUT2D eigenvalue weighted by atomic mass is 127. The van der Waals surface area contributed by atoms with Gasteiger partial charge in [0.05, 0.1) is 13.7 Å². The van der Waals surface area contributed by atoms with Crippen molar-refractivity contribution in [3.05, 3.63) is 54.2 Å². The standard InChI is InChI=1S/C18H24N4OS.HI/c1-3-19-18(20-11-12-24-16-7-5-4-6-8-16)22-14-15-9-10-17(23-2)21-13-15;/h4-10,13H,3,11-12,14H2,1-2H3,(H2,19,20,22);1H. The molecule has 0 unspecified atom stereocenters. The third kappa shape index (κ3) is 8.44. The summed E-state index contributed by atoms with van der Waals surface area (Å²) < 4.78 is 5.06. The van der Waals surface area contributed by atoms with E-state index < -0.39 is 0 Å². The number of nitrogens with zero attached hydrogens (tertiary/aromatic N) is 2. The van der Waals surface area contributed by atoms with E-state index in [1.165, 1.54) is 4.90 Å². The SMILES string of the molecule is CCNC(=NCc1ccc(OC)nc1)NCCSc1ccccc1.I. The zero-order valence-electron chi connectivity index (χ0n) is 14.6. The van der Waals surface area contributed by atoms with E-state index in [2.05, 4.69) is 51.8 Å². The summed E-state index contributed by atoms with van der Waals surface area (Å²) >= 11 is 1.83. The molecule has 1 heterocycles. The van der Waals surface area contributed by atoms with Crippen molar-refractivity contribution < 1.29 is 4.74 Å².